The zero-order chi connectivity index (χ0) is 88.1. The Morgan fingerprint density at radius 3 is 1.36 bits per heavy atom. The number of nitrogens with one attached hydrogen (secondary N) is 11. The standard InChI is InChI=1S/C77H129N25O16/c1-7-45(6)62(73(117)97-54(25-17-35-90-77(86)87)74(118)102-36-18-26-59(102)72(116)96-51(22-12-14-32-79)67(111)99-55(37-43(2)3)69(113)93-50(63(81)107)21-11-13-31-78)101-68(112)53(24-16-34-89-76(84)85)94-66(110)52(23-15-33-88-75(82)83)95-70(114)56(38-44(4)5)100-71(115)57(40-46-19-9-8-10-20-46)92-60(104)42-91-65(109)58(41-61(105)106)98-64(108)49(80)39-47-27-29-48(103)30-28-47/h8-10,19-20,27-30,43-45,49-59,62,103H,7,11-18,21-26,31-42,78-80H2,1-6H3,(H2,81,107)(H,91,109)(H,92,104)(H,93,113)(H,94,110)(H,95,114)(H,96,116)(H,97,117)(H,98,108)(H,99,111)(H,100,115)(H,101,112)(H,105,106)(H4,82,83,88)(H4,84,85,89)(H4,86,87,90)/t45-,49-,50-,51-,52-,53-,54-,55-,56-,57-,58+,59-,62-/m0/s1. The van der Waals surface area contributed by atoms with E-state index in [1.54, 1.807) is 58.0 Å². The summed E-state index contributed by atoms with van der Waals surface area (Å²) >= 11 is 0. The van der Waals surface area contributed by atoms with Gasteiger partial charge in [-0.15, -0.1) is 0 Å². The van der Waals surface area contributed by atoms with Crippen LogP contribution in [0.5, 0.6) is 5.75 Å². The molecule has 0 aromatic heterocycles. The van der Waals surface area contributed by atoms with Crippen molar-refractivity contribution in [2.75, 3.05) is 45.8 Å². The molecule has 0 bridgehead atoms. The summed E-state index contributed by atoms with van der Waals surface area (Å²) in [6.07, 6.45) is 1.65. The maximum atomic E-state index is 15.1. The number of rotatable bonds is 56. The van der Waals surface area contributed by atoms with Crippen LogP contribution in [0.15, 0.2) is 69.6 Å². The number of aliphatic carboxylic acids is 1. The van der Waals surface area contributed by atoms with Crippen LogP contribution in [-0.4, -0.2) is 234 Å². The van der Waals surface area contributed by atoms with Crippen LogP contribution in [0.2, 0.25) is 0 Å². The Kier molecular flexibility index (Phi) is 45.8. The molecule has 1 aliphatic rings. The third-order valence-corrected chi connectivity index (χ3v) is 19.3. The highest BCUT2D eigenvalue weighted by Crippen LogP contribution is 2.23. The van der Waals surface area contributed by atoms with Crippen molar-refractivity contribution in [1.82, 2.24) is 63.4 Å². The van der Waals surface area contributed by atoms with Crippen LogP contribution in [0.25, 0.3) is 0 Å². The van der Waals surface area contributed by atoms with E-state index in [0.717, 1.165) is 0 Å². The Morgan fingerprint density at radius 1 is 0.466 bits per heavy atom. The van der Waals surface area contributed by atoms with Crippen LogP contribution in [0.3, 0.4) is 0 Å². The second-order valence-corrected chi connectivity index (χ2v) is 30.2. The van der Waals surface area contributed by atoms with Gasteiger partial charge in [-0.25, -0.2) is 0 Å². The molecule has 0 spiro atoms. The first kappa shape index (κ1) is 101. The van der Waals surface area contributed by atoms with Crippen LogP contribution in [0, 0.1) is 17.8 Å². The van der Waals surface area contributed by atoms with Gasteiger partial charge >= 0.3 is 5.97 Å². The quantitative estimate of drug-likeness (QED) is 0.0167. The summed E-state index contributed by atoms with van der Waals surface area (Å²) in [5.74, 6) is -14.4. The zero-order valence-electron chi connectivity index (χ0n) is 68.6. The number of aliphatic imine (C=N–C) groups is 3. The van der Waals surface area contributed by atoms with Gasteiger partial charge in [-0.2, -0.15) is 0 Å². The van der Waals surface area contributed by atoms with Crippen molar-refractivity contribution in [1.29, 1.82) is 0 Å². The Morgan fingerprint density at radius 2 is 0.890 bits per heavy atom. The molecule has 658 valence electrons. The number of hydrogen-bond donors (Lipinski definition) is 23. The number of guanidine groups is 3. The lowest BCUT2D eigenvalue weighted by atomic mass is 9.96. The fourth-order valence-corrected chi connectivity index (χ4v) is 12.8. The number of carboxylic acids is 1. The van der Waals surface area contributed by atoms with E-state index in [2.05, 4.69) is 73.5 Å². The third-order valence-electron chi connectivity index (χ3n) is 19.3. The maximum Gasteiger partial charge on any atom is 0.305 e. The number of nitrogens with zero attached hydrogens (tertiary/aromatic N) is 4. The van der Waals surface area contributed by atoms with Crippen molar-refractivity contribution < 1.29 is 77.3 Å². The topological polar surface area (TPSA) is 712 Å². The van der Waals surface area contributed by atoms with Crippen molar-refractivity contribution in [3.8, 4) is 5.75 Å². The molecule has 13 amide bonds. The van der Waals surface area contributed by atoms with E-state index in [0.29, 0.717) is 49.8 Å². The number of phenolic OH excluding ortho intramolecular Hbond substituents is 1. The summed E-state index contributed by atoms with van der Waals surface area (Å²) in [6.45, 7) is 10.3. The van der Waals surface area contributed by atoms with Gasteiger partial charge in [0.05, 0.1) is 19.0 Å². The molecule has 1 heterocycles. The number of amides is 13. The Balaban J connectivity index is 2.00. The van der Waals surface area contributed by atoms with Gasteiger partial charge in [0.2, 0.25) is 76.8 Å². The minimum atomic E-state index is -1.71. The van der Waals surface area contributed by atoms with Gasteiger partial charge in [-0.3, -0.25) is 82.1 Å². The SMILES string of the molecule is CC[C@H](C)[C@H](NC(=O)[C@H](CCCN=C(N)N)NC(=O)[C@H](CCCN=C(N)N)NC(=O)[C@H](CC(C)C)NC(=O)[C@H](Cc1ccccc1)NC(=O)CNC(=O)[C@@H](CC(=O)O)NC(=O)[C@@H](N)Cc1ccc(O)cc1)C(=O)N[C@@H](CCCN=C(N)N)C(=O)N1CCC[C@H]1C(=O)N[C@@H](CCCCN)C(=O)N[C@@H](CC(C)C)C(=O)N[C@@H](CCCCN)C(N)=O. The number of carbonyl (C=O) groups excluding carboxylic acids is 13. The first-order valence-corrected chi connectivity index (χ1v) is 40.1. The first-order valence-electron chi connectivity index (χ1n) is 40.1. The summed E-state index contributed by atoms with van der Waals surface area (Å²) in [5.41, 5.74) is 58.2. The maximum absolute atomic E-state index is 15.1. The van der Waals surface area contributed by atoms with E-state index in [1.165, 1.54) is 29.2 Å². The number of primary amides is 1. The smallest absolute Gasteiger partial charge is 0.305 e. The summed E-state index contributed by atoms with van der Waals surface area (Å²) < 4.78 is 0. The molecule has 33 N–H and O–H groups in total. The molecule has 2 aromatic carbocycles. The number of likely N-dealkylation sites (tertiary alicyclic amines) is 1. The average molecular weight is 1660 g/mol. The number of hydrogen-bond acceptors (Lipinski definition) is 21. The predicted molar refractivity (Wildman–Crippen MR) is 442 cm³/mol. The van der Waals surface area contributed by atoms with Crippen molar-refractivity contribution in [2.24, 2.45) is 90.1 Å². The van der Waals surface area contributed by atoms with E-state index in [4.69, 9.17) is 57.3 Å². The van der Waals surface area contributed by atoms with Crippen LogP contribution in [-0.2, 0) is 80.0 Å². The number of carboxylic acid groups (broad SMARTS) is 1. The highest BCUT2D eigenvalue weighted by Gasteiger charge is 2.42. The average Bonchev–Trinajstić information content (AvgIpc) is 1.63. The van der Waals surface area contributed by atoms with Crippen LogP contribution < -0.4 is 116 Å². The number of carbonyl (C=O) groups is 14. The Labute approximate surface area is 688 Å². The molecule has 2 aromatic rings. The van der Waals surface area contributed by atoms with Gasteiger partial charge in [0.1, 0.15) is 72.2 Å². The van der Waals surface area contributed by atoms with Crippen LogP contribution >= 0.6 is 0 Å². The highest BCUT2D eigenvalue weighted by atomic mass is 16.4. The first-order chi connectivity index (χ1) is 55.9. The van der Waals surface area contributed by atoms with Crippen molar-refractivity contribution in [2.45, 2.75) is 242 Å². The van der Waals surface area contributed by atoms with E-state index in [-0.39, 0.29) is 158 Å². The van der Waals surface area contributed by atoms with Gasteiger partial charge in [0, 0.05) is 32.6 Å². The molecule has 41 heteroatoms. The summed E-state index contributed by atoms with van der Waals surface area (Å²) in [7, 11) is 0. The minimum Gasteiger partial charge on any atom is -0.508 e. The molecule has 0 saturated carbocycles. The minimum absolute atomic E-state index is 0.00338. The Hall–Kier alpha value is -11.5. The van der Waals surface area contributed by atoms with Gasteiger partial charge < -0.3 is 131 Å². The fraction of sp³-hybridized carbons (Fsp3) is 0.623. The van der Waals surface area contributed by atoms with Gasteiger partial charge in [-0.05, 0) is 163 Å². The van der Waals surface area contributed by atoms with Crippen LogP contribution in [0.4, 0.5) is 0 Å². The molecule has 0 unspecified atom stereocenters. The summed E-state index contributed by atoms with van der Waals surface area (Å²) in [5, 5.41) is 48.4. The largest absolute Gasteiger partial charge is 0.508 e. The van der Waals surface area contributed by atoms with E-state index >= 15 is 9.59 Å². The van der Waals surface area contributed by atoms with Gasteiger partial charge in [0.15, 0.2) is 17.9 Å². The lowest BCUT2D eigenvalue weighted by Gasteiger charge is -2.32. The number of phenols is 1. The molecule has 1 fully saturated rings. The van der Waals surface area contributed by atoms with E-state index < -0.39 is 174 Å². The normalized spacial score (nSPS) is 15.4. The van der Waals surface area contributed by atoms with Crippen molar-refractivity contribution in [3.05, 3.63) is 65.7 Å². The molecule has 1 saturated heterocycles. The molecular weight excluding hydrogens is 1530 g/mol. The van der Waals surface area contributed by atoms with Crippen LogP contribution in [0.1, 0.15) is 168 Å². The lowest BCUT2D eigenvalue weighted by Crippen LogP contribution is -2.61. The molecule has 1 aliphatic heterocycles. The third kappa shape index (κ3) is 38.5. The Bertz CT molecular complexity index is 3690. The van der Waals surface area contributed by atoms with Crippen molar-refractivity contribution >= 4 is 101 Å². The molecule has 3 rings (SSSR count). The molecule has 118 heavy (non-hydrogen) atoms. The molecular formula is C77H129N25O16. The van der Waals surface area contributed by atoms with Crippen molar-refractivity contribution in [3.63, 3.8) is 0 Å². The van der Waals surface area contributed by atoms with Gasteiger partial charge in [0.25, 0.3) is 0 Å². The summed E-state index contributed by atoms with van der Waals surface area (Å²) in [4.78, 5) is 210. The number of unbranched alkanes of at least 4 members (excludes halogenated alkanes) is 2. The summed E-state index contributed by atoms with van der Waals surface area (Å²) in [6, 6.07) is -2.12. The highest BCUT2D eigenvalue weighted by molar-refractivity contribution is 6.00. The van der Waals surface area contributed by atoms with E-state index in [1.807, 2.05) is 13.8 Å². The molecule has 0 radical (unpaired) electrons. The molecule has 41 nitrogen and oxygen atoms in total. The predicted octanol–water partition coefficient (Wildman–Crippen LogP) is -5.02. The monoisotopic (exact) mass is 1660 g/mol. The second-order valence-electron chi connectivity index (χ2n) is 30.2. The number of nitrogens with two attached hydrogens (primary N) is 10. The number of benzene rings is 2. The lowest BCUT2D eigenvalue weighted by molar-refractivity contribution is -0.143. The van der Waals surface area contributed by atoms with Gasteiger partial charge in [-0.1, -0.05) is 90.4 Å². The zero-order valence-corrected chi connectivity index (χ0v) is 68.6. The second kappa shape index (κ2) is 53.7. The fourth-order valence-electron chi connectivity index (χ4n) is 12.8. The number of aromatic hydroxyl groups is 1. The van der Waals surface area contributed by atoms with E-state index in [9.17, 15) is 67.7 Å². The molecule has 13 atom stereocenters. The molecule has 0 aliphatic carbocycles.